The quantitative estimate of drug-likeness (QED) is 0.554. The highest BCUT2D eigenvalue weighted by atomic mass is 32.2. The van der Waals surface area contributed by atoms with Crippen molar-refractivity contribution < 1.29 is 23.1 Å². The molecule has 2 aliphatic heterocycles. The minimum atomic E-state index is -3.61. The van der Waals surface area contributed by atoms with Crippen LogP contribution in [0.3, 0.4) is 0 Å². The molecular formula is C25H42N4O5S. The lowest BCUT2D eigenvalue weighted by Gasteiger charge is -2.38. The highest BCUT2D eigenvalue weighted by molar-refractivity contribution is 7.89. The van der Waals surface area contributed by atoms with E-state index in [1.165, 1.54) is 0 Å². The summed E-state index contributed by atoms with van der Waals surface area (Å²) < 4.78 is 32.5. The van der Waals surface area contributed by atoms with Crippen LogP contribution >= 0.6 is 0 Å². The Hall–Kier alpha value is -1.88. The number of piperidine rings is 1. The van der Waals surface area contributed by atoms with Gasteiger partial charge >= 0.3 is 6.09 Å². The maximum atomic E-state index is 12.3. The second-order valence-corrected chi connectivity index (χ2v) is 12.5. The summed E-state index contributed by atoms with van der Waals surface area (Å²) in [5.41, 5.74) is 0.570. The fourth-order valence-electron chi connectivity index (χ4n) is 4.48. The van der Waals surface area contributed by atoms with E-state index in [1.807, 2.05) is 37.8 Å². The SMILES string of the molecule is CC(O)CNS(=O)(=O)c1ccc(N2CCN(CCC3CCN(C(=O)OC(C)(C)C)CC3)CC2)cc1. The van der Waals surface area contributed by atoms with E-state index >= 15 is 0 Å². The lowest BCUT2D eigenvalue weighted by molar-refractivity contribution is 0.0177. The van der Waals surface area contributed by atoms with Gasteiger partial charge in [0, 0.05) is 51.5 Å². The normalized spacial score (nSPS) is 19.6. The van der Waals surface area contributed by atoms with Gasteiger partial charge in [0.05, 0.1) is 11.0 Å². The highest BCUT2D eigenvalue weighted by Crippen LogP contribution is 2.24. The average molecular weight is 511 g/mol. The Kier molecular flexibility index (Phi) is 9.42. The van der Waals surface area contributed by atoms with Crippen LogP contribution in [0.2, 0.25) is 0 Å². The van der Waals surface area contributed by atoms with Gasteiger partial charge < -0.3 is 19.6 Å². The molecule has 2 N–H and O–H groups in total. The monoisotopic (exact) mass is 510 g/mol. The Labute approximate surface area is 210 Å². The summed E-state index contributed by atoms with van der Waals surface area (Å²) in [6, 6.07) is 6.95. The van der Waals surface area contributed by atoms with Gasteiger partial charge in [0.2, 0.25) is 10.0 Å². The van der Waals surface area contributed by atoms with Gasteiger partial charge in [-0.15, -0.1) is 0 Å². The highest BCUT2D eigenvalue weighted by Gasteiger charge is 2.27. The minimum Gasteiger partial charge on any atom is -0.444 e. The Morgan fingerprint density at radius 3 is 2.23 bits per heavy atom. The summed E-state index contributed by atoms with van der Waals surface area (Å²) in [6.45, 7) is 13.6. The number of piperazine rings is 1. The van der Waals surface area contributed by atoms with Gasteiger partial charge in [0.25, 0.3) is 0 Å². The Bertz CT molecular complexity index is 914. The lowest BCUT2D eigenvalue weighted by Crippen LogP contribution is -2.47. The van der Waals surface area contributed by atoms with Crippen molar-refractivity contribution in [3.05, 3.63) is 24.3 Å². The summed E-state index contributed by atoms with van der Waals surface area (Å²) >= 11 is 0. The molecule has 0 aromatic heterocycles. The van der Waals surface area contributed by atoms with Crippen LogP contribution in [0.1, 0.15) is 47.0 Å². The van der Waals surface area contributed by atoms with Gasteiger partial charge in [-0.1, -0.05) is 0 Å². The first kappa shape index (κ1) is 27.7. The summed E-state index contributed by atoms with van der Waals surface area (Å²) in [5, 5.41) is 9.32. The van der Waals surface area contributed by atoms with Crippen molar-refractivity contribution >= 4 is 21.8 Å². The van der Waals surface area contributed by atoms with Crippen LogP contribution in [0.25, 0.3) is 0 Å². The van der Waals surface area contributed by atoms with Crippen LogP contribution in [-0.4, -0.2) is 93.5 Å². The van der Waals surface area contributed by atoms with Crippen LogP contribution in [0.4, 0.5) is 10.5 Å². The Morgan fingerprint density at radius 2 is 1.69 bits per heavy atom. The van der Waals surface area contributed by atoms with Gasteiger partial charge in [-0.2, -0.15) is 0 Å². The number of ether oxygens (including phenoxy) is 1. The first-order valence-electron chi connectivity index (χ1n) is 12.7. The van der Waals surface area contributed by atoms with Gasteiger partial charge in [0.1, 0.15) is 5.60 Å². The molecule has 1 amide bonds. The van der Waals surface area contributed by atoms with E-state index in [1.54, 1.807) is 19.1 Å². The first-order chi connectivity index (χ1) is 16.4. The largest absolute Gasteiger partial charge is 0.444 e. The zero-order chi connectivity index (χ0) is 25.6. The van der Waals surface area contributed by atoms with E-state index in [-0.39, 0.29) is 17.5 Å². The van der Waals surface area contributed by atoms with Crippen LogP contribution in [0.15, 0.2) is 29.2 Å². The molecule has 35 heavy (non-hydrogen) atoms. The molecule has 1 aromatic rings. The Morgan fingerprint density at radius 1 is 1.09 bits per heavy atom. The lowest BCUT2D eigenvalue weighted by atomic mass is 9.93. The molecule has 1 unspecified atom stereocenters. The molecule has 2 aliphatic rings. The third-order valence-electron chi connectivity index (χ3n) is 6.57. The van der Waals surface area contributed by atoms with Gasteiger partial charge in [0.15, 0.2) is 0 Å². The van der Waals surface area contributed by atoms with E-state index in [0.717, 1.165) is 70.8 Å². The number of benzene rings is 1. The second-order valence-electron chi connectivity index (χ2n) is 10.7. The molecule has 2 fully saturated rings. The van der Waals surface area contributed by atoms with E-state index in [4.69, 9.17) is 4.74 Å². The third kappa shape index (κ3) is 8.63. The van der Waals surface area contributed by atoms with Gasteiger partial charge in [-0.3, -0.25) is 4.90 Å². The maximum Gasteiger partial charge on any atom is 0.410 e. The van der Waals surface area contributed by atoms with Crippen molar-refractivity contribution in [2.24, 2.45) is 5.92 Å². The standard InChI is InChI=1S/C25H42N4O5S/c1-20(30)19-26-35(32,33)23-7-5-22(6-8-23)28-17-15-27(16-18-28)12-9-21-10-13-29(14-11-21)24(31)34-25(2,3)4/h5-8,20-21,26,30H,9-19H2,1-4H3. The topological polar surface area (TPSA) is 102 Å². The summed E-state index contributed by atoms with van der Waals surface area (Å²) in [5.74, 6) is 0.642. The number of nitrogens with zero attached hydrogens (tertiary/aromatic N) is 3. The zero-order valence-electron chi connectivity index (χ0n) is 21.6. The van der Waals surface area contributed by atoms with Crippen molar-refractivity contribution in [2.75, 3.05) is 57.3 Å². The number of likely N-dealkylation sites (tertiary alicyclic amines) is 1. The number of amides is 1. The zero-order valence-corrected chi connectivity index (χ0v) is 22.4. The number of hydrogen-bond acceptors (Lipinski definition) is 7. The number of sulfonamides is 1. The molecule has 2 saturated heterocycles. The molecule has 1 atom stereocenters. The number of nitrogens with one attached hydrogen (secondary N) is 1. The predicted octanol–water partition coefficient (Wildman–Crippen LogP) is 2.50. The summed E-state index contributed by atoms with van der Waals surface area (Å²) in [6.07, 6.45) is 2.27. The van der Waals surface area contributed by atoms with Crippen LogP contribution < -0.4 is 9.62 Å². The van der Waals surface area contributed by atoms with Crippen molar-refractivity contribution in [3.8, 4) is 0 Å². The smallest absolute Gasteiger partial charge is 0.410 e. The number of carbonyl (C=O) groups excluding carboxylic acids is 1. The van der Waals surface area contributed by atoms with Crippen LogP contribution in [0, 0.1) is 5.92 Å². The molecule has 198 valence electrons. The van der Waals surface area contributed by atoms with E-state index in [2.05, 4.69) is 14.5 Å². The molecule has 0 spiro atoms. The molecular weight excluding hydrogens is 468 g/mol. The van der Waals surface area contributed by atoms with Crippen LogP contribution in [0.5, 0.6) is 0 Å². The molecule has 0 radical (unpaired) electrons. The fraction of sp³-hybridized carbons (Fsp3) is 0.720. The minimum absolute atomic E-state index is 0.00506. The number of rotatable bonds is 8. The number of aliphatic hydroxyl groups is 1. The number of hydrogen-bond donors (Lipinski definition) is 2. The maximum absolute atomic E-state index is 12.3. The first-order valence-corrected chi connectivity index (χ1v) is 14.1. The molecule has 9 nitrogen and oxygen atoms in total. The number of carbonyl (C=O) groups is 1. The van der Waals surface area contributed by atoms with E-state index in [9.17, 15) is 18.3 Å². The van der Waals surface area contributed by atoms with Crippen molar-refractivity contribution in [3.63, 3.8) is 0 Å². The molecule has 10 heteroatoms. The Balaban J connectivity index is 1.38. The van der Waals surface area contributed by atoms with Gasteiger partial charge in [-0.25, -0.2) is 17.9 Å². The molecule has 1 aromatic carbocycles. The molecule has 2 heterocycles. The predicted molar refractivity (Wildman–Crippen MR) is 137 cm³/mol. The average Bonchev–Trinajstić information content (AvgIpc) is 2.81. The van der Waals surface area contributed by atoms with Gasteiger partial charge in [-0.05, 0) is 83.7 Å². The third-order valence-corrected chi connectivity index (χ3v) is 8.01. The molecule has 3 rings (SSSR count). The molecule has 0 bridgehead atoms. The number of anilines is 1. The fourth-order valence-corrected chi connectivity index (χ4v) is 5.60. The number of aliphatic hydroxyl groups excluding tert-OH is 1. The van der Waals surface area contributed by atoms with Crippen LogP contribution in [-0.2, 0) is 14.8 Å². The van der Waals surface area contributed by atoms with Crippen molar-refractivity contribution in [2.45, 2.75) is 63.6 Å². The van der Waals surface area contributed by atoms with E-state index in [0.29, 0.717) is 5.92 Å². The second kappa shape index (κ2) is 11.9. The van der Waals surface area contributed by atoms with Crippen molar-refractivity contribution in [1.29, 1.82) is 0 Å². The summed E-state index contributed by atoms with van der Waals surface area (Å²) in [4.78, 5) is 19.1. The van der Waals surface area contributed by atoms with E-state index < -0.39 is 21.7 Å². The molecule has 0 aliphatic carbocycles. The summed E-state index contributed by atoms with van der Waals surface area (Å²) in [7, 11) is -3.61. The molecule has 0 saturated carbocycles. The van der Waals surface area contributed by atoms with Crippen molar-refractivity contribution in [1.82, 2.24) is 14.5 Å².